The summed E-state index contributed by atoms with van der Waals surface area (Å²) >= 11 is 0. The molecule has 6 heterocycles. The summed E-state index contributed by atoms with van der Waals surface area (Å²) in [7, 11) is 0. The van der Waals surface area contributed by atoms with Crippen LogP contribution < -0.4 is 0 Å². The lowest BCUT2D eigenvalue weighted by Crippen LogP contribution is -2.00. The summed E-state index contributed by atoms with van der Waals surface area (Å²) in [5.74, 6) is 5.24. The summed E-state index contributed by atoms with van der Waals surface area (Å²) in [6.07, 6.45) is 5.55. The smallest absolute Gasteiger partial charge is 0.165 e. The maximum Gasteiger partial charge on any atom is 0.165 e. The summed E-state index contributed by atoms with van der Waals surface area (Å²) in [6.45, 7) is 0. The van der Waals surface area contributed by atoms with Crippen molar-refractivity contribution in [1.82, 2.24) is 59.8 Å². The summed E-state index contributed by atoms with van der Waals surface area (Å²) in [4.78, 5) is 59.5. The Morgan fingerprint density at radius 2 is 0.272 bits per heavy atom. The van der Waals surface area contributed by atoms with Crippen molar-refractivity contribution in [3.8, 4) is 203 Å². The first-order chi connectivity index (χ1) is 56.4. The van der Waals surface area contributed by atoms with Crippen molar-refractivity contribution in [2.24, 2.45) is 0 Å². The minimum atomic E-state index is 0.550. The second-order valence-corrected chi connectivity index (χ2v) is 27.6. The molecule has 0 aliphatic rings. The highest BCUT2D eigenvalue weighted by Gasteiger charge is 2.21. The highest BCUT2D eigenvalue weighted by molar-refractivity contribution is 5.95. The van der Waals surface area contributed by atoms with Crippen LogP contribution in [0.3, 0.4) is 0 Å². The van der Waals surface area contributed by atoms with Gasteiger partial charge in [0.05, 0.1) is 17.1 Å². The van der Waals surface area contributed by atoms with Crippen LogP contribution in [0.25, 0.3) is 203 Å². The van der Waals surface area contributed by atoms with Gasteiger partial charge in [-0.15, -0.1) is 0 Å². The number of hydrogen-bond acceptors (Lipinski definition) is 12. The molecule has 0 N–H and O–H groups in total. The van der Waals surface area contributed by atoms with E-state index in [0.717, 1.165) is 151 Å². The summed E-state index contributed by atoms with van der Waals surface area (Å²) < 4.78 is 0. The largest absolute Gasteiger partial charge is 0.255 e. The van der Waals surface area contributed by atoms with Crippen LogP contribution in [-0.2, 0) is 0 Å². The van der Waals surface area contributed by atoms with Crippen molar-refractivity contribution in [2.45, 2.75) is 0 Å². The van der Waals surface area contributed by atoms with Gasteiger partial charge in [-0.3, -0.25) is 15.0 Å². The van der Waals surface area contributed by atoms with Crippen LogP contribution in [0.2, 0.25) is 0 Å². The molecule has 19 rings (SSSR count). The molecule has 0 unspecified atom stereocenters. The van der Waals surface area contributed by atoms with Crippen LogP contribution in [0.1, 0.15) is 0 Å². The molecule has 0 saturated carbocycles. The van der Waals surface area contributed by atoms with Gasteiger partial charge in [-0.25, -0.2) is 44.9 Å². The Morgan fingerprint density at radius 3 is 0.456 bits per heavy atom. The first kappa shape index (κ1) is 68.8. The summed E-state index contributed by atoms with van der Waals surface area (Å²) in [5, 5.41) is 0. The number of rotatable bonds is 18. The topological polar surface area (TPSA) is 155 Å². The van der Waals surface area contributed by atoms with Gasteiger partial charge in [0.15, 0.2) is 52.4 Å². The van der Waals surface area contributed by atoms with E-state index in [-0.39, 0.29) is 0 Å². The van der Waals surface area contributed by atoms with E-state index in [1.54, 1.807) is 0 Å². The van der Waals surface area contributed by atoms with Crippen molar-refractivity contribution in [3.05, 3.63) is 401 Å². The summed E-state index contributed by atoms with van der Waals surface area (Å²) in [5.41, 5.74) is 26.2. The molecule has 6 aromatic heterocycles. The zero-order valence-corrected chi connectivity index (χ0v) is 61.5. The molecule has 0 aliphatic carbocycles. The third-order valence-corrected chi connectivity index (χ3v) is 20.3. The Bertz CT molecular complexity index is 5800. The lowest BCUT2D eigenvalue weighted by atomic mass is 9.86. The molecule has 0 amide bonds. The van der Waals surface area contributed by atoms with Crippen molar-refractivity contribution < 1.29 is 0 Å². The quantitative estimate of drug-likeness (QED) is 0.0803. The Labute approximate surface area is 659 Å². The standard InChI is InChI=1S/C102H66N12/c1-7-25-73(26-8-1)94-106-95(74-27-9-2-10-28-74)110-100(109-94)79-55-58-91(103-64-79)70-49-43-67(44-50-70)85-37-19-22-40-88(85)82-61-83(89-41-23-20-38-86(89)68-45-51-71(52-46-68)92-59-56-80(65-104-92)101-111-96(75-29-11-3-12-30-75)107-97(112-101)76-31-13-4-14-32-76)63-84(62-82)90-42-24-21-39-87(90)69-47-53-72(54-48-69)93-60-57-81(66-105-93)102-113-98(77-33-15-5-16-34-77)108-99(114-102)78-35-17-6-18-36-78/h1-66H. The Kier molecular flexibility index (Phi) is 18.8. The molecule has 0 aliphatic heterocycles. The Morgan fingerprint density at radius 1 is 0.114 bits per heavy atom. The van der Waals surface area contributed by atoms with Gasteiger partial charge >= 0.3 is 0 Å². The van der Waals surface area contributed by atoms with Gasteiger partial charge in [0.25, 0.3) is 0 Å². The van der Waals surface area contributed by atoms with Gasteiger partial charge in [0.1, 0.15) is 0 Å². The molecule has 534 valence electrons. The second-order valence-electron chi connectivity index (χ2n) is 27.6. The molecule has 12 heteroatoms. The molecule has 0 bridgehead atoms. The molecule has 0 radical (unpaired) electrons. The number of hydrogen-bond donors (Lipinski definition) is 0. The third-order valence-electron chi connectivity index (χ3n) is 20.3. The van der Waals surface area contributed by atoms with E-state index in [4.69, 9.17) is 59.8 Å². The fourth-order valence-corrected chi connectivity index (χ4v) is 14.4. The van der Waals surface area contributed by atoms with Crippen LogP contribution >= 0.6 is 0 Å². The van der Waals surface area contributed by atoms with Gasteiger partial charge in [-0.05, 0) is 121 Å². The van der Waals surface area contributed by atoms with Crippen LogP contribution in [0, 0.1) is 0 Å². The van der Waals surface area contributed by atoms with E-state index in [2.05, 4.69) is 164 Å². The molecule has 0 spiro atoms. The number of benzene rings is 13. The van der Waals surface area contributed by atoms with E-state index in [1.807, 2.05) is 237 Å². The van der Waals surface area contributed by atoms with Crippen molar-refractivity contribution >= 4 is 0 Å². The van der Waals surface area contributed by atoms with Crippen LogP contribution in [0.4, 0.5) is 0 Å². The van der Waals surface area contributed by atoms with Crippen LogP contribution in [-0.4, -0.2) is 59.8 Å². The maximum atomic E-state index is 5.02. The number of aromatic nitrogens is 12. The van der Waals surface area contributed by atoms with Crippen LogP contribution in [0.15, 0.2) is 401 Å². The predicted molar refractivity (Wildman–Crippen MR) is 458 cm³/mol. The van der Waals surface area contributed by atoms with Gasteiger partial charge in [-0.1, -0.05) is 328 Å². The zero-order valence-electron chi connectivity index (χ0n) is 61.5. The lowest BCUT2D eigenvalue weighted by molar-refractivity contribution is 1.07. The summed E-state index contributed by atoms with van der Waals surface area (Å²) in [6, 6.07) is 132. The monoisotopic (exact) mass is 1460 g/mol. The second kappa shape index (κ2) is 31.1. The first-order valence-electron chi connectivity index (χ1n) is 37.7. The molecule has 13 aromatic carbocycles. The molecule has 19 aromatic rings. The average molecular weight is 1460 g/mol. The van der Waals surface area contributed by atoms with Crippen LogP contribution in [0.5, 0.6) is 0 Å². The fourth-order valence-electron chi connectivity index (χ4n) is 14.4. The van der Waals surface area contributed by atoms with E-state index in [1.165, 1.54) is 0 Å². The van der Waals surface area contributed by atoms with E-state index >= 15 is 0 Å². The SMILES string of the molecule is c1ccc(-c2nc(-c3ccccc3)nc(-c3ccc(-c4ccc(-c5ccccc5-c5cc(-c6ccccc6-c6ccc(-c7ccc(-c8nc(-c9ccccc9)nc(-c9ccccc9)n8)cn7)cc6)cc(-c6ccccc6-c6ccc(-c7ccc(-c8nc(-c9ccccc9)nc(-c9ccccc9)n8)cn7)cc6)c5)cc4)nc3)n2)cc1. The van der Waals surface area contributed by atoms with Gasteiger partial charge < -0.3 is 0 Å². The lowest BCUT2D eigenvalue weighted by Gasteiger charge is -2.18. The van der Waals surface area contributed by atoms with E-state index in [9.17, 15) is 0 Å². The zero-order chi connectivity index (χ0) is 75.9. The Balaban J connectivity index is 0.654. The number of nitrogens with zero attached hydrogens (tertiary/aromatic N) is 12. The highest BCUT2D eigenvalue weighted by atomic mass is 15.1. The first-order valence-corrected chi connectivity index (χ1v) is 37.7. The molecule has 0 fully saturated rings. The van der Waals surface area contributed by atoms with Crippen molar-refractivity contribution in [3.63, 3.8) is 0 Å². The minimum Gasteiger partial charge on any atom is -0.255 e. The van der Waals surface area contributed by atoms with E-state index in [0.29, 0.717) is 52.4 Å². The average Bonchev–Trinajstić information content (AvgIpc) is 0.769. The highest BCUT2D eigenvalue weighted by Crippen LogP contribution is 2.44. The molecule has 0 atom stereocenters. The van der Waals surface area contributed by atoms with E-state index < -0.39 is 0 Å². The fraction of sp³-hybridized carbons (Fsp3) is 0. The molecular weight excluding hydrogens is 1390 g/mol. The van der Waals surface area contributed by atoms with Crippen molar-refractivity contribution in [1.29, 1.82) is 0 Å². The molecule has 0 saturated heterocycles. The van der Waals surface area contributed by atoms with Gasteiger partial charge in [0.2, 0.25) is 0 Å². The number of pyridine rings is 3. The maximum absolute atomic E-state index is 5.02. The predicted octanol–water partition coefficient (Wildman–Crippen LogP) is 24.4. The molecule has 114 heavy (non-hydrogen) atoms. The van der Waals surface area contributed by atoms with Crippen molar-refractivity contribution in [2.75, 3.05) is 0 Å². The molecular formula is C102H66N12. The van der Waals surface area contributed by atoms with Gasteiger partial charge in [-0.2, -0.15) is 0 Å². The molecule has 12 nitrogen and oxygen atoms in total. The normalized spacial score (nSPS) is 11.2. The van der Waals surface area contributed by atoms with Gasteiger partial charge in [0, 0.05) is 85.4 Å². The minimum absolute atomic E-state index is 0.550. The third kappa shape index (κ3) is 14.5. The Hall–Kier alpha value is -15.7.